The van der Waals surface area contributed by atoms with Gasteiger partial charge in [-0.25, -0.2) is 0 Å². The van der Waals surface area contributed by atoms with Gasteiger partial charge in [-0.05, 0) is 21.0 Å². The smallest absolute Gasteiger partial charge is 0.0955 e. The maximum atomic E-state index is 2.38. The molecule has 0 aliphatic heterocycles. The van der Waals surface area contributed by atoms with Gasteiger partial charge >= 0.3 is 0 Å². The third-order valence-electron chi connectivity index (χ3n) is 5.29. The van der Waals surface area contributed by atoms with E-state index in [-0.39, 0.29) is 4.28 Å². The zero-order chi connectivity index (χ0) is 16.8. The molecule has 0 spiro atoms. The summed E-state index contributed by atoms with van der Waals surface area (Å²) in [5.41, 5.74) is 4.34. The minimum absolute atomic E-state index is 0.0350. The van der Waals surface area contributed by atoms with Crippen LogP contribution in [-0.4, -0.2) is 14.1 Å². The number of rotatable bonds is 6. The Morgan fingerprint density at radius 3 is 1.08 bits per heavy atom. The second-order valence-corrected chi connectivity index (χ2v) is 10.3. The molecule has 3 aromatic carbocycles. The van der Waals surface area contributed by atoms with Crippen molar-refractivity contribution in [2.45, 2.75) is 28.7 Å². The van der Waals surface area contributed by atoms with Crippen molar-refractivity contribution >= 4 is 14.1 Å². The predicted molar refractivity (Wildman–Crippen MR) is 106 cm³/mol. The molecule has 0 saturated heterocycles. The highest BCUT2D eigenvalue weighted by Gasteiger charge is 2.45. The fourth-order valence-electron chi connectivity index (χ4n) is 4.21. The molecule has 0 saturated carbocycles. The molecule has 0 atom stereocenters. The second-order valence-electron chi connectivity index (χ2n) is 6.42. The molecule has 0 heterocycles. The van der Waals surface area contributed by atoms with E-state index in [1.54, 1.807) is 0 Å². The molecule has 0 aliphatic carbocycles. The van der Waals surface area contributed by atoms with Crippen molar-refractivity contribution in [2.24, 2.45) is 0 Å². The van der Waals surface area contributed by atoms with Crippen molar-refractivity contribution < 1.29 is 0 Å². The minimum Gasteiger partial charge on any atom is -0.0955 e. The van der Waals surface area contributed by atoms with Gasteiger partial charge in [0.1, 0.15) is 0 Å². The van der Waals surface area contributed by atoms with Crippen LogP contribution in [0.3, 0.4) is 0 Å². The molecule has 0 nitrogen and oxygen atoms in total. The van der Waals surface area contributed by atoms with E-state index in [2.05, 4.69) is 105 Å². The van der Waals surface area contributed by atoms with E-state index >= 15 is 0 Å². The van der Waals surface area contributed by atoms with E-state index in [0.29, 0.717) is 0 Å². The van der Waals surface area contributed by atoms with Gasteiger partial charge in [0.05, 0.1) is 0 Å². The predicted octanol–water partition coefficient (Wildman–Crippen LogP) is 6.09. The van der Waals surface area contributed by atoms with Crippen molar-refractivity contribution in [1.29, 1.82) is 0 Å². The van der Waals surface area contributed by atoms with Gasteiger partial charge in [0.25, 0.3) is 14.1 Å². The van der Waals surface area contributed by atoms with Gasteiger partial charge < -0.3 is 0 Å². The molecule has 0 fully saturated rings. The second kappa shape index (κ2) is 7.84. The van der Waals surface area contributed by atoms with Crippen LogP contribution >= 0.6 is 0 Å². The average Bonchev–Trinajstić information content (AvgIpc) is 2.68. The minimum atomic E-state index is -1.12. The van der Waals surface area contributed by atoms with E-state index < -0.39 is 14.1 Å². The van der Waals surface area contributed by atoms with Crippen molar-refractivity contribution in [1.82, 2.24) is 0 Å². The molecule has 0 unspecified atom stereocenters. The van der Waals surface area contributed by atoms with E-state index in [0.717, 1.165) is 0 Å². The number of hydrogen-bond acceptors (Lipinski definition) is 0. The summed E-state index contributed by atoms with van der Waals surface area (Å²) in [7, 11) is 0. The highest BCUT2D eigenvalue weighted by molar-refractivity contribution is 6.64. The first kappa shape index (κ1) is 17.0. The Morgan fingerprint density at radius 2 is 0.833 bits per heavy atom. The monoisotopic (exact) mass is 328 g/mol. The summed E-state index contributed by atoms with van der Waals surface area (Å²) >= 11 is -1.12. The first-order valence-electron chi connectivity index (χ1n) is 9.00. The van der Waals surface area contributed by atoms with Crippen LogP contribution < -0.4 is 0 Å². The van der Waals surface area contributed by atoms with Gasteiger partial charge in [0, 0.05) is 0 Å². The Hall–Kier alpha value is -1.81. The molecule has 0 amide bonds. The van der Waals surface area contributed by atoms with Gasteiger partial charge in [0.2, 0.25) is 0 Å². The number of benzene rings is 3. The van der Waals surface area contributed by atoms with E-state index in [1.165, 1.54) is 27.3 Å². The van der Waals surface area contributed by atoms with Crippen LogP contribution in [0.4, 0.5) is 0 Å². The maximum absolute atomic E-state index is 2.38. The summed E-state index contributed by atoms with van der Waals surface area (Å²) in [5, 5.41) is 2.57. The third kappa shape index (κ3) is 2.95. The maximum Gasteiger partial charge on any atom is 0.289 e. The third-order valence-corrected chi connectivity index (χ3v) is 9.48. The fraction of sp³-hybridized carbons (Fsp3) is 0.217. The Labute approximate surface area is 150 Å². The summed E-state index contributed by atoms with van der Waals surface area (Å²) in [6.07, 6.45) is 0. The molecule has 0 N–H and O–H groups in total. The molecular formula is C23H25Al. The van der Waals surface area contributed by atoms with Crippen molar-refractivity contribution in [2.75, 3.05) is 0 Å². The Balaban J connectivity index is 2.37. The van der Waals surface area contributed by atoms with Crippen LogP contribution in [0, 0.1) is 0 Å². The standard InChI is InChI=1S/C19H15.2C2H5.Al/c1-4-10-16(11-5-1)19(17-12-6-2-7-13-17)18-14-8-3-9-15-18;2*1-2;/h1-15H;2*1H2,2H3;. The van der Waals surface area contributed by atoms with Crippen molar-refractivity contribution in [3.63, 3.8) is 0 Å². The lowest BCUT2D eigenvalue weighted by Crippen LogP contribution is -2.44. The van der Waals surface area contributed by atoms with Gasteiger partial charge in [-0.3, -0.25) is 0 Å². The van der Waals surface area contributed by atoms with Gasteiger partial charge in [-0.1, -0.05) is 115 Å². The van der Waals surface area contributed by atoms with Gasteiger partial charge in [-0.15, -0.1) is 0 Å². The average molecular weight is 328 g/mol. The Bertz CT molecular complexity index is 634. The zero-order valence-electron chi connectivity index (χ0n) is 14.7. The lowest BCUT2D eigenvalue weighted by atomic mass is 9.83. The molecule has 1 heteroatoms. The van der Waals surface area contributed by atoms with Crippen LogP contribution in [0.5, 0.6) is 0 Å². The van der Waals surface area contributed by atoms with Gasteiger partial charge in [-0.2, -0.15) is 0 Å². The number of hydrogen-bond donors (Lipinski definition) is 0. The highest BCUT2D eigenvalue weighted by Crippen LogP contribution is 2.43. The lowest BCUT2D eigenvalue weighted by Gasteiger charge is -2.40. The molecule has 0 bridgehead atoms. The van der Waals surface area contributed by atoms with Crippen molar-refractivity contribution in [3.05, 3.63) is 108 Å². The van der Waals surface area contributed by atoms with Crippen LogP contribution in [0.1, 0.15) is 30.5 Å². The van der Waals surface area contributed by atoms with Crippen LogP contribution in [0.2, 0.25) is 10.6 Å². The largest absolute Gasteiger partial charge is 0.289 e. The topological polar surface area (TPSA) is 0 Å². The molecule has 0 aliphatic rings. The van der Waals surface area contributed by atoms with Crippen LogP contribution in [0.15, 0.2) is 91.0 Å². The van der Waals surface area contributed by atoms with Gasteiger partial charge in [0.15, 0.2) is 0 Å². The van der Waals surface area contributed by atoms with E-state index in [4.69, 9.17) is 0 Å². The molecule has 0 aromatic heterocycles. The molecular weight excluding hydrogens is 303 g/mol. The summed E-state index contributed by atoms with van der Waals surface area (Å²) in [6, 6.07) is 33.4. The van der Waals surface area contributed by atoms with Crippen molar-refractivity contribution in [3.8, 4) is 0 Å². The normalized spacial score (nSPS) is 11.2. The summed E-state index contributed by atoms with van der Waals surface area (Å²) in [5.74, 6) is 0. The molecule has 120 valence electrons. The molecule has 3 rings (SSSR count). The first-order chi connectivity index (χ1) is 11.8. The SMILES string of the molecule is C[CH2][Al]([CH2]C)[C](c1ccccc1)(c1ccccc1)c1ccccc1. The quantitative estimate of drug-likeness (QED) is 0.379. The highest BCUT2D eigenvalue weighted by atomic mass is 27.2. The lowest BCUT2D eigenvalue weighted by molar-refractivity contribution is 0.830. The van der Waals surface area contributed by atoms with Crippen LogP contribution in [0.25, 0.3) is 0 Å². The first-order valence-corrected chi connectivity index (χ1v) is 11.2. The summed E-state index contributed by atoms with van der Waals surface area (Å²) in [6.45, 7) is 4.76. The Kier molecular flexibility index (Phi) is 5.57. The Morgan fingerprint density at radius 1 is 0.542 bits per heavy atom. The molecule has 24 heavy (non-hydrogen) atoms. The van der Waals surface area contributed by atoms with Crippen LogP contribution in [-0.2, 0) is 4.28 Å². The molecule has 3 aromatic rings. The summed E-state index contributed by atoms with van der Waals surface area (Å²) < 4.78 is 0.0350. The van der Waals surface area contributed by atoms with E-state index in [9.17, 15) is 0 Å². The fourth-order valence-corrected chi connectivity index (χ4v) is 8.00. The summed E-state index contributed by atoms with van der Waals surface area (Å²) in [4.78, 5) is 0. The molecule has 0 radical (unpaired) electrons. The zero-order valence-corrected chi connectivity index (χ0v) is 15.8. The van der Waals surface area contributed by atoms with E-state index in [1.807, 2.05) is 0 Å².